The SMILES string of the molecule is CNCC(O)COc1cccc(-c2nc(NC3CCOC3C3CC4CN(Cc5ccccc5)CC4N(c4nc(-c5cccc(OCC(O)CNC)c5)nc(NC5CCOC5)c4C)C3)c(C)c(N3CCC3)n2)c1. The number of anilines is 4. The van der Waals surface area contributed by atoms with Gasteiger partial charge in [-0.1, -0.05) is 54.6 Å². The zero-order valence-corrected chi connectivity index (χ0v) is 42.3. The third kappa shape index (κ3) is 11.6. The van der Waals surface area contributed by atoms with Gasteiger partial charge in [0.1, 0.15) is 60.2 Å². The van der Waals surface area contributed by atoms with Crippen molar-refractivity contribution in [2.75, 3.05) is 113 Å². The highest BCUT2D eigenvalue weighted by atomic mass is 16.5. The number of nitrogens with one attached hydrogen (secondary N) is 4. The minimum absolute atomic E-state index is 0.0141. The molecule has 17 nitrogen and oxygen atoms in total. The van der Waals surface area contributed by atoms with Gasteiger partial charge in [-0.2, -0.15) is 0 Å². The Morgan fingerprint density at radius 2 is 1.36 bits per heavy atom. The van der Waals surface area contributed by atoms with Gasteiger partial charge in [-0.15, -0.1) is 0 Å². The van der Waals surface area contributed by atoms with Gasteiger partial charge >= 0.3 is 0 Å². The fourth-order valence-corrected chi connectivity index (χ4v) is 11.2. The molecule has 10 rings (SSSR count). The standard InChI is InChI=1S/C55H73N11O6/c1-35-51(61-52(62-54(35)65-19-10-20-65)38-13-8-15-45(24-38)71-33-43(67)26-56-3)59-47-18-22-70-49(47)41-23-40-29-64(28-37-11-6-5-7-12-37)31-48(40)66(30-41)55-36(2)50(58-42-17-21-69-32-42)60-53(63-55)39-14-9-16-46(25-39)72-34-44(68)27-57-4/h5-9,11-16,24-25,40-44,47-49,56-57,67-68H,10,17-23,26-34H2,1-4H3,(H,58,60,63)(H,59,61,62). The first-order valence-corrected chi connectivity index (χ1v) is 26.1. The maximum absolute atomic E-state index is 10.4. The van der Waals surface area contributed by atoms with E-state index in [4.69, 9.17) is 38.9 Å². The topological polar surface area (TPSA) is 187 Å². The predicted octanol–water partition coefficient (Wildman–Crippen LogP) is 5.14. The molecule has 17 heteroatoms. The molecule has 3 aromatic carbocycles. The lowest BCUT2D eigenvalue weighted by Gasteiger charge is -2.45. The predicted molar refractivity (Wildman–Crippen MR) is 281 cm³/mol. The van der Waals surface area contributed by atoms with Crippen LogP contribution in [0.5, 0.6) is 11.5 Å². The van der Waals surface area contributed by atoms with E-state index in [1.165, 1.54) is 5.56 Å². The van der Waals surface area contributed by atoms with Gasteiger partial charge < -0.3 is 60.2 Å². The van der Waals surface area contributed by atoms with Crippen LogP contribution in [0, 0.1) is 25.7 Å². The smallest absolute Gasteiger partial charge is 0.164 e. The lowest BCUT2D eigenvalue weighted by molar-refractivity contribution is 0.0418. The highest BCUT2D eigenvalue weighted by Crippen LogP contribution is 2.43. The Kier molecular flexibility index (Phi) is 16.0. The number of piperidine rings is 1. The summed E-state index contributed by atoms with van der Waals surface area (Å²) in [6.45, 7) is 13.0. The number of aromatic nitrogens is 4. The van der Waals surface area contributed by atoms with Crippen LogP contribution >= 0.6 is 0 Å². The van der Waals surface area contributed by atoms with Crippen molar-refractivity contribution in [2.24, 2.45) is 11.8 Å². The molecule has 6 N–H and O–H groups in total. The molecule has 0 saturated carbocycles. The van der Waals surface area contributed by atoms with E-state index in [-0.39, 0.29) is 43.4 Å². The van der Waals surface area contributed by atoms with Crippen molar-refractivity contribution >= 4 is 23.3 Å². The molecule has 0 amide bonds. The molecule has 8 unspecified atom stereocenters. The summed E-state index contributed by atoms with van der Waals surface area (Å²) >= 11 is 0. The van der Waals surface area contributed by atoms with Crippen LogP contribution in [0.2, 0.25) is 0 Å². The number of ether oxygens (including phenoxy) is 4. The van der Waals surface area contributed by atoms with Gasteiger partial charge in [0.05, 0.1) is 24.8 Å². The van der Waals surface area contributed by atoms with E-state index in [1.807, 2.05) is 62.6 Å². The highest BCUT2D eigenvalue weighted by molar-refractivity contribution is 5.69. The number of hydrogen-bond acceptors (Lipinski definition) is 17. The molecule has 72 heavy (non-hydrogen) atoms. The second-order valence-electron chi connectivity index (χ2n) is 20.4. The van der Waals surface area contributed by atoms with E-state index in [0.29, 0.717) is 62.0 Å². The molecule has 0 radical (unpaired) electrons. The third-order valence-corrected chi connectivity index (χ3v) is 15.0. The molecule has 0 spiro atoms. The van der Waals surface area contributed by atoms with Crippen LogP contribution in [0.1, 0.15) is 42.4 Å². The summed E-state index contributed by atoms with van der Waals surface area (Å²) in [6.07, 6.45) is 2.57. The Balaban J connectivity index is 0.973. The van der Waals surface area contributed by atoms with Gasteiger partial charge in [0.2, 0.25) is 0 Å². The summed E-state index contributed by atoms with van der Waals surface area (Å²) in [5.74, 6) is 6.62. The quantitative estimate of drug-likeness (QED) is 0.0567. The maximum Gasteiger partial charge on any atom is 0.164 e. The fraction of sp³-hybridized carbons (Fsp3) is 0.527. The number of rotatable bonds is 21. The van der Waals surface area contributed by atoms with Gasteiger partial charge in [0, 0.05) is 99.8 Å². The van der Waals surface area contributed by atoms with Crippen molar-refractivity contribution < 1.29 is 29.2 Å². The zero-order valence-electron chi connectivity index (χ0n) is 42.3. The van der Waals surface area contributed by atoms with E-state index >= 15 is 0 Å². The summed E-state index contributed by atoms with van der Waals surface area (Å²) in [5.41, 5.74) is 5.06. The lowest BCUT2D eigenvalue weighted by atomic mass is 9.80. The van der Waals surface area contributed by atoms with Crippen LogP contribution in [0.15, 0.2) is 78.9 Å². The minimum Gasteiger partial charge on any atom is -0.491 e. The molecule has 2 aromatic heterocycles. The molecule has 5 aromatic rings. The Morgan fingerprint density at radius 1 is 0.708 bits per heavy atom. The Labute approximate surface area is 424 Å². The number of likely N-dealkylation sites (N-methyl/N-ethyl adjacent to an activating group) is 2. The highest BCUT2D eigenvalue weighted by Gasteiger charge is 2.48. The number of likely N-dealkylation sites (tertiary alicyclic amines) is 1. The largest absolute Gasteiger partial charge is 0.491 e. The summed E-state index contributed by atoms with van der Waals surface area (Å²) in [6, 6.07) is 26.9. The van der Waals surface area contributed by atoms with Crippen LogP contribution in [-0.4, -0.2) is 164 Å². The number of hydrogen-bond donors (Lipinski definition) is 6. The van der Waals surface area contributed by atoms with Gasteiger partial charge in [-0.3, -0.25) is 4.90 Å². The van der Waals surface area contributed by atoms with Crippen molar-refractivity contribution in [3.05, 3.63) is 95.6 Å². The van der Waals surface area contributed by atoms with Gasteiger partial charge in [0.25, 0.3) is 0 Å². The van der Waals surface area contributed by atoms with Crippen LogP contribution in [0.4, 0.5) is 23.3 Å². The molecule has 7 heterocycles. The Morgan fingerprint density at radius 3 is 1.99 bits per heavy atom. The first-order valence-electron chi connectivity index (χ1n) is 26.1. The summed E-state index contributed by atoms with van der Waals surface area (Å²) in [7, 11) is 3.63. The molecular formula is C55H73N11O6. The average Bonchev–Trinajstić information content (AvgIpc) is 4.17. The van der Waals surface area contributed by atoms with E-state index < -0.39 is 12.2 Å². The normalized spacial score (nSPS) is 23.9. The van der Waals surface area contributed by atoms with Crippen molar-refractivity contribution in [2.45, 2.75) is 82.5 Å². The number of fused-ring (bicyclic) bond motifs is 1. The summed E-state index contributed by atoms with van der Waals surface area (Å²) < 4.78 is 24.8. The molecule has 384 valence electrons. The maximum atomic E-state index is 10.4. The van der Waals surface area contributed by atoms with Gasteiger partial charge in [-0.25, -0.2) is 19.9 Å². The molecule has 5 fully saturated rings. The second kappa shape index (κ2) is 23.0. The molecule has 5 saturated heterocycles. The number of aliphatic hydroxyl groups excluding tert-OH is 2. The Bertz CT molecular complexity index is 2580. The number of benzene rings is 3. The first-order chi connectivity index (χ1) is 35.2. The summed E-state index contributed by atoms with van der Waals surface area (Å²) in [4.78, 5) is 28.7. The van der Waals surface area contributed by atoms with E-state index in [0.717, 1.165) is 110 Å². The second-order valence-corrected chi connectivity index (χ2v) is 20.4. The molecule has 0 bridgehead atoms. The average molecular weight is 984 g/mol. The van der Waals surface area contributed by atoms with Crippen molar-refractivity contribution in [1.82, 2.24) is 35.5 Å². The van der Waals surface area contributed by atoms with Crippen LogP contribution < -0.4 is 40.5 Å². The first kappa shape index (κ1) is 49.9. The summed E-state index contributed by atoms with van der Waals surface area (Å²) in [5, 5.41) is 34.5. The van der Waals surface area contributed by atoms with Gasteiger partial charge in [-0.05, 0) is 89.4 Å². The lowest BCUT2D eigenvalue weighted by Crippen LogP contribution is -2.54. The third-order valence-electron chi connectivity index (χ3n) is 15.0. The van der Waals surface area contributed by atoms with Crippen molar-refractivity contribution in [1.29, 1.82) is 0 Å². The number of nitrogens with zero attached hydrogens (tertiary/aromatic N) is 7. The van der Waals surface area contributed by atoms with E-state index in [2.05, 4.69) is 80.1 Å². The Hall–Kier alpha value is -5.66. The van der Waals surface area contributed by atoms with Crippen LogP contribution in [-0.2, 0) is 16.0 Å². The minimum atomic E-state index is -0.638. The number of aliphatic hydroxyl groups is 2. The molecule has 5 aliphatic rings. The van der Waals surface area contributed by atoms with Gasteiger partial charge in [0.15, 0.2) is 11.6 Å². The van der Waals surface area contributed by atoms with Crippen molar-refractivity contribution in [3.8, 4) is 34.3 Å². The van der Waals surface area contributed by atoms with Crippen molar-refractivity contribution in [3.63, 3.8) is 0 Å². The zero-order chi connectivity index (χ0) is 49.6. The van der Waals surface area contributed by atoms with Crippen LogP contribution in [0.3, 0.4) is 0 Å². The van der Waals surface area contributed by atoms with E-state index in [9.17, 15) is 10.2 Å². The molecule has 8 atom stereocenters. The van der Waals surface area contributed by atoms with E-state index in [1.54, 1.807) is 0 Å². The molecule has 5 aliphatic heterocycles. The fourth-order valence-electron chi connectivity index (χ4n) is 11.2. The monoisotopic (exact) mass is 984 g/mol. The molecular weight excluding hydrogens is 911 g/mol. The van der Waals surface area contributed by atoms with Crippen LogP contribution in [0.25, 0.3) is 22.8 Å². The molecule has 0 aliphatic carbocycles.